The molecule has 0 aliphatic heterocycles. The number of benzene rings is 2. The van der Waals surface area contributed by atoms with E-state index < -0.39 is 10.6 Å². The Kier molecular flexibility index (Phi) is 4.86. The molecule has 1 N–H and O–H groups in total. The minimum atomic E-state index is -0.651. The normalized spacial score (nSPS) is 11.8. The molecule has 0 bridgehead atoms. The Morgan fingerprint density at radius 1 is 1.31 bits per heavy atom. The van der Waals surface area contributed by atoms with Gasteiger partial charge in [-0.3, -0.25) is 14.9 Å². The molecule has 0 fully saturated rings. The van der Waals surface area contributed by atoms with Crippen LogP contribution >= 0.6 is 46.3 Å². The van der Waals surface area contributed by atoms with Gasteiger partial charge in [0.2, 0.25) is 5.75 Å². The Hall–Kier alpha value is -2.24. The first-order chi connectivity index (χ1) is 12.0. The Morgan fingerprint density at radius 2 is 2.04 bits per heavy atom. The Balaban J connectivity index is 0.00000196. The van der Waals surface area contributed by atoms with E-state index in [1.165, 1.54) is 21.8 Å². The topological polar surface area (TPSA) is 97.7 Å². The fraction of sp³-hybridized carbons (Fsp3) is 0. The number of fused-ring (bicyclic) bond motifs is 3. The van der Waals surface area contributed by atoms with E-state index in [2.05, 4.69) is 4.98 Å². The van der Waals surface area contributed by atoms with E-state index in [1.807, 2.05) is 46.9 Å². The van der Waals surface area contributed by atoms with Crippen LogP contribution in [0, 0.1) is 13.7 Å². The van der Waals surface area contributed by atoms with Gasteiger partial charge in [-0.05, 0) is 52.4 Å². The van der Waals surface area contributed by atoms with E-state index in [9.17, 15) is 20.0 Å². The van der Waals surface area contributed by atoms with Crippen molar-refractivity contribution < 1.29 is 10.0 Å². The molecule has 0 spiro atoms. The lowest BCUT2D eigenvalue weighted by atomic mass is 10.2. The highest BCUT2D eigenvalue weighted by Crippen LogP contribution is 2.32. The summed E-state index contributed by atoms with van der Waals surface area (Å²) in [4.78, 5) is 28.1. The summed E-state index contributed by atoms with van der Waals surface area (Å²) in [6.45, 7) is 0. The van der Waals surface area contributed by atoms with Crippen LogP contribution in [-0.2, 0) is 0 Å². The van der Waals surface area contributed by atoms with Gasteiger partial charge in [0.15, 0.2) is 4.96 Å². The minimum Gasteiger partial charge on any atom is -0.501 e. The number of hydrogen-bond donors (Lipinski definition) is 1. The maximum atomic E-state index is 12.7. The number of phenolic OH excluding ortho intramolecular Hbond substituents is 1. The lowest BCUT2D eigenvalue weighted by Crippen LogP contribution is -2.22. The number of aromatic nitrogens is 2. The van der Waals surface area contributed by atoms with E-state index in [-0.39, 0.29) is 23.7 Å². The van der Waals surface area contributed by atoms with Crippen LogP contribution in [0.25, 0.3) is 22.1 Å². The maximum absolute atomic E-state index is 12.7. The van der Waals surface area contributed by atoms with Crippen LogP contribution in [0.4, 0.5) is 5.69 Å². The van der Waals surface area contributed by atoms with Crippen LogP contribution in [0.1, 0.15) is 5.56 Å². The number of thiazole rings is 1. The molecule has 2 aromatic heterocycles. The number of hydrogen-bond acceptors (Lipinski definition) is 6. The van der Waals surface area contributed by atoms with Crippen molar-refractivity contribution in [2.24, 2.45) is 0 Å². The number of phenols is 1. The smallest absolute Gasteiger partial charge is 0.312 e. The molecule has 4 aromatic rings. The average molecular weight is 502 g/mol. The zero-order valence-corrected chi connectivity index (χ0v) is 16.5. The summed E-state index contributed by atoms with van der Waals surface area (Å²) in [6.07, 6.45) is 1.57. The first-order valence-electron chi connectivity index (χ1n) is 7.04. The molecule has 0 amide bonds. The van der Waals surface area contributed by atoms with Crippen molar-refractivity contribution in [2.45, 2.75) is 0 Å². The van der Waals surface area contributed by atoms with Gasteiger partial charge in [0.25, 0.3) is 5.56 Å². The van der Waals surface area contributed by atoms with Crippen LogP contribution in [0.3, 0.4) is 0 Å². The first-order valence-corrected chi connectivity index (χ1v) is 8.94. The van der Waals surface area contributed by atoms with Gasteiger partial charge >= 0.3 is 5.69 Å². The summed E-state index contributed by atoms with van der Waals surface area (Å²) in [5, 5.41) is 20.8. The van der Waals surface area contributed by atoms with Crippen molar-refractivity contribution in [3.8, 4) is 5.75 Å². The molecule has 7 nitrogen and oxygen atoms in total. The van der Waals surface area contributed by atoms with Crippen molar-refractivity contribution in [3.05, 3.63) is 70.5 Å². The molecule has 0 atom stereocenters. The third kappa shape index (κ3) is 2.91. The lowest BCUT2D eigenvalue weighted by molar-refractivity contribution is -0.386. The van der Waals surface area contributed by atoms with Gasteiger partial charge in [-0.15, -0.1) is 12.4 Å². The van der Waals surface area contributed by atoms with Crippen molar-refractivity contribution in [3.63, 3.8) is 0 Å². The van der Waals surface area contributed by atoms with E-state index >= 15 is 0 Å². The SMILES string of the molecule is Cl.O=c1c(=Cc2cc(I)c(O)c([N+](=O)[O-])c2)sc2nc3ccccc3n12. The van der Waals surface area contributed by atoms with Gasteiger partial charge in [0, 0.05) is 6.07 Å². The zero-order chi connectivity index (χ0) is 17.7. The van der Waals surface area contributed by atoms with Gasteiger partial charge in [0.05, 0.1) is 24.1 Å². The standard InChI is InChI=1S/C16H8IN3O4S.ClH/c17-9-5-8(6-12(14(9)21)20(23)24)7-13-15(22)19-11-4-2-1-3-10(11)18-16(19)25-13;/h1-7,21H;1H. The fourth-order valence-electron chi connectivity index (χ4n) is 2.59. The number of para-hydroxylation sites is 2. The van der Waals surface area contributed by atoms with E-state index in [1.54, 1.807) is 12.1 Å². The molecule has 0 aliphatic rings. The van der Waals surface area contributed by atoms with Gasteiger partial charge in [-0.1, -0.05) is 23.5 Å². The lowest BCUT2D eigenvalue weighted by Gasteiger charge is -2.00. The average Bonchev–Trinajstić information content (AvgIpc) is 3.07. The van der Waals surface area contributed by atoms with E-state index in [4.69, 9.17) is 0 Å². The molecular formula is C16H9ClIN3O4S. The molecule has 2 heterocycles. The first kappa shape index (κ1) is 18.5. The number of aromatic hydroxyl groups is 1. The summed E-state index contributed by atoms with van der Waals surface area (Å²) in [6, 6.07) is 10.2. The molecule has 0 radical (unpaired) electrons. The number of nitro groups is 1. The minimum absolute atomic E-state index is 0. The van der Waals surface area contributed by atoms with Crippen LogP contribution in [0.2, 0.25) is 0 Å². The zero-order valence-electron chi connectivity index (χ0n) is 12.7. The summed E-state index contributed by atoms with van der Waals surface area (Å²) in [7, 11) is 0. The number of imidazole rings is 1. The maximum Gasteiger partial charge on any atom is 0.312 e. The summed E-state index contributed by atoms with van der Waals surface area (Å²) in [5.74, 6) is -0.378. The third-order valence-corrected chi connectivity index (χ3v) is 5.50. The monoisotopic (exact) mass is 501 g/mol. The molecule has 0 saturated heterocycles. The van der Waals surface area contributed by atoms with E-state index in [0.29, 0.717) is 18.6 Å². The fourth-order valence-corrected chi connectivity index (χ4v) is 4.21. The summed E-state index contributed by atoms with van der Waals surface area (Å²) >= 11 is 3.04. The van der Waals surface area contributed by atoms with Crippen molar-refractivity contribution in [2.75, 3.05) is 0 Å². The molecule has 2 aromatic carbocycles. The van der Waals surface area contributed by atoms with Gasteiger partial charge in [-0.2, -0.15) is 0 Å². The predicted octanol–water partition coefficient (Wildman–Crippen LogP) is 3.10. The molecule has 132 valence electrons. The third-order valence-electron chi connectivity index (χ3n) is 3.71. The van der Waals surface area contributed by atoms with Crippen molar-refractivity contribution >= 4 is 74.1 Å². The summed E-state index contributed by atoms with van der Waals surface area (Å²) < 4.78 is 2.30. The van der Waals surface area contributed by atoms with Crippen LogP contribution < -0.4 is 10.1 Å². The second kappa shape index (κ2) is 6.82. The molecule has 0 unspecified atom stereocenters. The molecule has 0 saturated carbocycles. The van der Waals surface area contributed by atoms with Crippen LogP contribution in [0.5, 0.6) is 5.75 Å². The van der Waals surface area contributed by atoms with Crippen LogP contribution in [-0.4, -0.2) is 19.4 Å². The highest BCUT2D eigenvalue weighted by Gasteiger charge is 2.17. The molecule has 10 heteroatoms. The molecule has 26 heavy (non-hydrogen) atoms. The van der Waals surface area contributed by atoms with Crippen molar-refractivity contribution in [1.82, 2.24) is 9.38 Å². The predicted molar refractivity (Wildman–Crippen MR) is 110 cm³/mol. The molecular weight excluding hydrogens is 493 g/mol. The molecule has 0 aliphatic carbocycles. The summed E-state index contributed by atoms with van der Waals surface area (Å²) in [5.41, 5.74) is 1.33. The van der Waals surface area contributed by atoms with Gasteiger partial charge < -0.3 is 5.11 Å². The highest BCUT2D eigenvalue weighted by molar-refractivity contribution is 14.1. The van der Waals surface area contributed by atoms with Crippen LogP contribution in [0.15, 0.2) is 41.2 Å². The van der Waals surface area contributed by atoms with Gasteiger partial charge in [0.1, 0.15) is 0 Å². The van der Waals surface area contributed by atoms with Gasteiger partial charge in [-0.25, -0.2) is 9.38 Å². The number of halogens is 2. The second-order valence-electron chi connectivity index (χ2n) is 5.26. The largest absolute Gasteiger partial charge is 0.501 e. The number of nitrogens with zero attached hydrogens (tertiary/aromatic N) is 3. The quantitative estimate of drug-likeness (QED) is 0.259. The molecule has 4 rings (SSSR count). The Morgan fingerprint density at radius 3 is 2.77 bits per heavy atom. The highest BCUT2D eigenvalue weighted by atomic mass is 127. The van der Waals surface area contributed by atoms with E-state index in [0.717, 1.165) is 11.0 Å². The second-order valence-corrected chi connectivity index (χ2v) is 7.43. The Labute approximate surface area is 169 Å². The Bertz CT molecular complexity index is 1280. The number of nitro benzene ring substituents is 1. The van der Waals surface area contributed by atoms with Crippen molar-refractivity contribution in [1.29, 1.82) is 0 Å². The number of rotatable bonds is 2.